The van der Waals surface area contributed by atoms with Crippen molar-refractivity contribution in [2.75, 3.05) is 5.32 Å². The Labute approximate surface area is 190 Å². The first-order chi connectivity index (χ1) is 14.6. The van der Waals surface area contributed by atoms with Gasteiger partial charge in [-0.3, -0.25) is 4.79 Å². The molecule has 1 aromatic carbocycles. The summed E-state index contributed by atoms with van der Waals surface area (Å²) >= 11 is 8.95. The van der Waals surface area contributed by atoms with E-state index >= 15 is 0 Å². The van der Waals surface area contributed by atoms with E-state index in [9.17, 15) is 18.0 Å². The lowest BCUT2D eigenvalue weighted by molar-refractivity contribution is -0.137. The van der Waals surface area contributed by atoms with E-state index < -0.39 is 22.9 Å². The minimum absolute atomic E-state index is 0.0454. The molecule has 2 aromatic heterocycles. The Morgan fingerprint density at radius 3 is 2.87 bits per heavy atom. The van der Waals surface area contributed by atoms with Crippen molar-refractivity contribution in [3.8, 4) is 0 Å². The second kappa shape index (κ2) is 8.60. The van der Waals surface area contributed by atoms with E-state index in [-0.39, 0.29) is 10.7 Å². The molecule has 0 saturated carbocycles. The monoisotopic (exact) mass is 485 g/mol. The van der Waals surface area contributed by atoms with Crippen molar-refractivity contribution in [2.24, 2.45) is 5.92 Å². The number of amides is 1. The zero-order valence-corrected chi connectivity index (χ0v) is 19.1. The summed E-state index contributed by atoms with van der Waals surface area (Å²) in [6.45, 7) is 3.93. The van der Waals surface area contributed by atoms with Crippen LogP contribution in [0.25, 0.3) is 10.2 Å². The minimum Gasteiger partial charge on any atom is -0.324 e. The highest BCUT2D eigenvalue weighted by atomic mass is 35.5. The van der Waals surface area contributed by atoms with Crippen molar-refractivity contribution in [3.63, 3.8) is 0 Å². The van der Waals surface area contributed by atoms with Crippen LogP contribution in [0.15, 0.2) is 29.6 Å². The van der Waals surface area contributed by atoms with Crippen LogP contribution >= 0.6 is 34.7 Å². The number of aryl methyl sites for hydroxylation is 1. The number of alkyl halides is 3. The van der Waals surface area contributed by atoms with Crippen LogP contribution in [-0.4, -0.2) is 21.1 Å². The van der Waals surface area contributed by atoms with E-state index in [1.807, 2.05) is 0 Å². The molecule has 1 aliphatic carbocycles. The number of carbonyl (C=O) groups is 1. The number of rotatable bonds is 4. The van der Waals surface area contributed by atoms with Crippen LogP contribution in [0, 0.1) is 5.92 Å². The molecule has 3 aromatic rings. The van der Waals surface area contributed by atoms with Crippen LogP contribution in [0.4, 0.5) is 18.9 Å². The highest BCUT2D eigenvalue weighted by molar-refractivity contribution is 8.00. The number of aromatic nitrogens is 2. The first kappa shape index (κ1) is 22.4. The van der Waals surface area contributed by atoms with Crippen LogP contribution in [0.1, 0.15) is 36.3 Å². The van der Waals surface area contributed by atoms with Gasteiger partial charge in [0.05, 0.1) is 21.5 Å². The first-order valence-corrected chi connectivity index (χ1v) is 11.8. The number of benzene rings is 1. The van der Waals surface area contributed by atoms with Gasteiger partial charge in [-0.25, -0.2) is 9.97 Å². The summed E-state index contributed by atoms with van der Waals surface area (Å²) in [5.41, 5.74) is 0.322. The second-order valence-corrected chi connectivity index (χ2v) is 10.5. The van der Waals surface area contributed by atoms with Gasteiger partial charge >= 0.3 is 6.18 Å². The third-order valence-corrected chi connectivity index (χ3v) is 7.86. The number of hydrogen-bond donors (Lipinski definition) is 1. The lowest BCUT2D eigenvalue weighted by Crippen LogP contribution is -2.23. The van der Waals surface area contributed by atoms with Gasteiger partial charge in [-0.15, -0.1) is 11.3 Å². The van der Waals surface area contributed by atoms with E-state index in [1.54, 1.807) is 18.3 Å². The van der Waals surface area contributed by atoms with Gasteiger partial charge in [0.15, 0.2) is 0 Å². The van der Waals surface area contributed by atoms with Crippen LogP contribution in [0.5, 0.6) is 0 Å². The molecule has 1 N–H and O–H groups in total. The molecule has 2 atom stereocenters. The SMILES string of the molecule is C[C@H]1CCc2c(sc3ncnc(S[C@H](C)C(=O)Nc4cc(C(F)(F)F)ccc4Cl)c23)C1. The average Bonchev–Trinajstić information content (AvgIpc) is 3.07. The molecule has 31 heavy (non-hydrogen) atoms. The Morgan fingerprint density at radius 2 is 2.13 bits per heavy atom. The number of hydrogen-bond acceptors (Lipinski definition) is 5. The van der Waals surface area contributed by atoms with E-state index in [0.717, 1.165) is 52.7 Å². The van der Waals surface area contributed by atoms with E-state index in [0.29, 0.717) is 5.92 Å². The largest absolute Gasteiger partial charge is 0.416 e. The maximum Gasteiger partial charge on any atom is 0.416 e. The van der Waals surface area contributed by atoms with Gasteiger partial charge in [-0.1, -0.05) is 30.3 Å². The summed E-state index contributed by atoms with van der Waals surface area (Å²) in [4.78, 5) is 23.8. The van der Waals surface area contributed by atoms with Gasteiger partial charge in [0, 0.05) is 10.3 Å². The van der Waals surface area contributed by atoms with Gasteiger partial charge in [0.1, 0.15) is 16.2 Å². The fraction of sp³-hybridized carbons (Fsp3) is 0.381. The van der Waals surface area contributed by atoms with Crippen LogP contribution in [-0.2, 0) is 23.8 Å². The van der Waals surface area contributed by atoms with Crippen LogP contribution < -0.4 is 5.32 Å². The molecule has 4 nitrogen and oxygen atoms in total. The van der Waals surface area contributed by atoms with Crippen molar-refractivity contribution < 1.29 is 18.0 Å². The van der Waals surface area contributed by atoms with E-state index in [4.69, 9.17) is 11.6 Å². The smallest absolute Gasteiger partial charge is 0.324 e. The summed E-state index contributed by atoms with van der Waals surface area (Å²) in [5, 5.41) is 3.68. The summed E-state index contributed by atoms with van der Waals surface area (Å²) < 4.78 is 39.0. The molecule has 0 aliphatic heterocycles. The summed E-state index contributed by atoms with van der Waals surface area (Å²) in [7, 11) is 0. The molecular formula is C21H19ClF3N3OS2. The quantitative estimate of drug-likeness (QED) is 0.334. The van der Waals surface area contributed by atoms with Crippen LogP contribution in [0.3, 0.4) is 0 Å². The fourth-order valence-electron chi connectivity index (χ4n) is 3.59. The molecule has 1 aliphatic rings. The Bertz CT molecular complexity index is 1150. The molecule has 0 bridgehead atoms. The molecule has 0 spiro atoms. The molecule has 164 valence electrons. The molecule has 0 fully saturated rings. The molecule has 1 amide bonds. The average molecular weight is 486 g/mol. The highest BCUT2D eigenvalue weighted by Crippen LogP contribution is 2.41. The molecular weight excluding hydrogens is 467 g/mol. The van der Waals surface area contributed by atoms with Crippen molar-refractivity contribution in [1.29, 1.82) is 0 Å². The number of nitrogens with zero attached hydrogens (tertiary/aromatic N) is 2. The number of carbonyl (C=O) groups excluding carboxylic acids is 1. The standard InChI is InChI=1S/C21H19ClF3N3OS2/c1-10-3-5-13-16(7-10)31-20-17(13)19(26-9-27-20)30-11(2)18(29)28-15-8-12(21(23,24)25)4-6-14(15)22/h4,6,8-11H,3,5,7H2,1-2H3,(H,28,29)/t10-,11+/m0/s1. The first-order valence-electron chi connectivity index (χ1n) is 9.73. The predicted molar refractivity (Wildman–Crippen MR) is 119 cm³/mol. The van der Waals surface area contributed by atoms with Gasteiger partial charge in [0.2, 0.25) is 5.91 Å². The third-order valence-electron chi connectivity index (χ3n) is 5.27. The molecule has 0 radical (unpaired) electrons. The molecule has 4 rings (SSSR count). The van der Waals surface area contributed by atoms with Gasteiger partial charge in [-0.2, -0.15) is 13.2 Å². The number of anilines is 1. The zero-order valence-electron chi connectivity index (χ0n) is 16.7. The Balaban J connectivity index is 1.56. The number of nitrogens with one attached hydrogen (secondary N) is 1. The van der Waals surface area contributed by atoms with Crippen molar-refractivity contribution in [2.45, 2.75) is 49.6 Å². The van der Waals surface area contributed by atoms with Crippen LogP contribution in [0.2, 0.25) is 5.02 Å². The predicted octanol–water partition coefficient (Wildman–Crippen LogP) is 6.61. The van der Waals surface area contributed by atoms with E-state index in [2.05, 4.69) is 22.2 Å². The van der Waals surface area contributed by atoms with E-state index in [1.165, 1.54) is 28.5 Å². The summed E-state index contributed by atoms with van der Waals surface area (Å²) in [5.74, 6) is 0.183. The topological polar surface area (TPSA) is 54.9 Å². The van der Waals surface area contributed by atoms with Crippen molar-refractivity contribution in [1.82, 2.24) is 9.97 Å². The maximum absolute atomic E-state index is 13.0. The second-order valence-electron chi connectivity index (χ2n) is 7.65. The number of thioether (sulfide) groups is 1. The number of fused-ring (bicyclic) bond motifs is 3. The summed E-state index contributed by atoms with van der Waals surface area (Å²) in [6, 6.07) is 2.86. The Morgan fingerprint density at radius 1 is 1.35 bits per heavy atom. The number of thiophene rings is 1. The van der Waals surface area contributed by atoms with Crippen molar-refractivity contribution >= 4 is 56.5 Å². The minimum atomic E-state index is -4.52. The Kier molecular flexibility index (Phi) is 6.20. The lowest BCUT2D eigenvalue weighted by atomic mass is 9.89. The zero-order chi connectivity index (χ0) is 22.3. The van der Waals surface area contributed by atoms with Gasteiger partial charge in [0.25, 0.3) is 0 Å². The highest BCUT2D eigenvalue weighted by Gasteiger charge is 2.31. The summed E-state index contributed by atoms with van der Waals surface area (Å²) in [6.07, 6.45) is 0.0429. The molecule has 0 saturated heterocycles. The molecule has 10 heteroatoms. The number of halogens is 4. The third kappa shape index (κ3) is 4.68. The fourth-order valence-corrected chi connectivity index (χ4v) is 6.11. The Hall–Kier alpha value is -1.84. The normalized spacial score (nSPS) is 17.4. The lowest BCUT2D eigenvalue weighted by Gasteiger charge is -2.18. The molecule has 0 unspecified atom stereocenters. The molecule has 2 heterocycles. The van der Waals surface area contributed by atoms with Gasteiger partial charge in [-0.05, 0) is 55.9 Å². The van der Waals surface area contributed by atoms with Crippen molar-refractivity contribution in [3.05, 3.63) is 45.6 Å². The maximum atomic E-state index is 13.0. The van der Waals surface area contributed by atoms with Gasteiger partial charge < -0.3 is 5.32 Å².